The highest BCUT2D eigenvalue weighted by Gasteiger charge is 2.34. The number of aliphatic hydroxyl groups excluding tert-OH is 1. The van der Waals surface area contributed by atoms with Gasteiger partial charge in [0.2, 0.25) is 10.1 Å². The van der Waals surface area contributed by atoms with E-state index in [9.17, 15) is 5.11 Å². The van der Waals surface area contributed by atoms with Crippen LogP contribution in [-0.4, -0.2) is 21.3 Å². The zero-order chi connectivity index (χ0) is 9.90. The lowest BCUT2D eigenvalue weighted by molar-refractivity contribution is -0.140. The average molecular weight is 248 g/mol. The van der Waals surface area contributed by atoms with Crippen molar-refractivity contribution in [2.75, 3.05) is 0 Å². The van der Waals surface area contributed by atoms with E-state index >= 15 is 0 Å². The summed E-state index contributed by atoms with van der Waals surface area (Å²) in [6, 6.07) is 0. The molecule has 1 fully saturated rings. The quantitative estimate of drug-likeness (QED) is 0.600. The van der Waals surface area contributed by atoms with Crippen LogP contribution in [0.2, 0.25) is 0 Å². The minimum Gasteiger partial charge on any atom is -0.365 e. The summed E-state index contributed by atoms with van der Waals surface area (Å²) in [5.41, 5.74) is 0. The van der Waals surface area contributed by atoms with Gasteiger partial charge in [-0.2, -0.15) is 0 Å². The van der Waals surface area contributed by atoms with Gasteiger partial charge in [0.15, 0.2) is 0 Å². The van der Waals surface area contributed by atoms with Crippen molar-refractivity contribution in [3.8, 4) is 0 Å². The van der Waals surface area contributed by atoms with Crippen LogP contribution in [0.1, 0.15) is 32.1 Å². The van der Waals surface area contributed by atoms with E-state index in [1.807, 2.05) is 0 Å². The minimum absolute atomic E-state index is 0.0411. The van der Waals surface area contributed by atoms with Crippen LogP contribution in [0, 0.1) is 0 Å². The van der Waals surface area contributed by atoms with Crippen molar-refractivity contribution in [2.24, 2.45) is 0 Å². The van der Waals surface area contributed by atoms with Gasteiger partial charge in [-0.25, -0.2) is 0 Å². The molecule has 0 aromatic heterocycles. The number of alkyl halides is 3. The Morgan fingerprint density at radius 3 is 2.15 bits per heavy atom. The van der Waals surface area contributed by atoms with Crippen molar-refractivity contribution in [1.82, 2.24) is 0 Å². The van der Waals surface area contributed by atoms with E-state index in [0.717, 1.165) is 25.7 Å². The fourth-order valence-electron chi connectivity index (χ4n) is 1.46. The molecule has 13 heavy (non-hydrogen) atoms. The van der Waals surface area contributed by atoms with E-state index in [0.29, 0.717) is 0 Å². The Morgan fingerprint density at radius 1 is 1.15 bits per heavy atom. The first kappa shape index (κ1) is 11.9. The molecule has 2 nitrogen and oxygen atoms in total. The van der Waals surface area contributed by atoms with Crippen molar-refractivity contribution in [3.05, 3.63) is 0 Å². The molecule has 0 radical (unpaired) electrons. The van der Waals surface area contributed by atoms with Gasteiger partial charge < -0.3 is 9.84 Å². The highest BCUT2D eigenvalue weighted by Crippen LogP contribution is 2.33. The molecule has 1 rings (SSSR count). The Balaban J connectivity index is 2.30. The summed E-state index contributed by atoms with van der Waals surface area (Å²) in [5, 5.41) is 9.32. The lowest BCUT2D eigenvalue weighted by Gasteiger charge is -2.27. The standard InChI is InChI=1S/C8H13Cl3O2/c9-8(10,11)7(12)13-6-4-2-1-3-5-6/h6-7,12H,1-5H2. The maximum atomic E-state index is 9.32. The molecule has 0 aromatic rings. The molecule has 0 saturated heterocycles. The molecule has 1 saturated carbocycles. The van der Waals surface area contributed by atoms with Gasteiger partial charge in [0, 0.05) is 0 Å². The molecule has 78 valence electrons. The lowest BCUT2D eigenvalue weighted by atomic mass is 9.98. The minimum atomic E-state index is -1.74. The summed E-state index contributed by atoms with van der Waals surface area (Å²) in [5.74, 6) is 0. The predicted molar refractivity (Wildman–Crippen MR) is 54.3 cm³/mol. The maximum absolute atomic E-state index is 9.32. The van der Waals surface area contributed by atoms with E-state index in [-0.39, 0.29) is 6.10 Å². The second kappa shape index (κ2) is 5.04. The van der Waals surface area contributed by atoms with E-state index in [1.54, 1.807) is 0 Å². The topological polar surface area (TPSA) is 29.5 Å². The Morgan fingerprint density at radius 2 is 1.69 bits per heavy atom. The normalized spacial score (nSPS) is 23.1. The fraction of sp³-hybridized carbons (Fsp3) is 1.00. The zero-order valence-corrected chi connectivity index (χ0v) is 9.45. The van der Waals surface area contributed by atoms with E-state index in [4.69, 9.17) is 39.5 Å². The summed E-state index contributed by atoms with van der Waals surface area (Å²) in [6.45, 7) is 0. The van der Waals surface area contributed by atoms with Crippen LogP contribution in [0.15, 0.2) is 0 Å². The van der Waals surface area contributed by atoms with Gasteiger partial charge in [0.25, 0.3) is 0 Å². The first-order valence-corrected chi connectivity index (χ1v) is 5.54. The third kappa shape index (κ3) is 4.22. The molecule has 0 aliphatic heterocycles. The van der Waals surface area contributed by atoms with Crippen molar-refractivity contribution in [2.45, 2.75) is 48.3 Å². The van der Waals surface area contributed by atoms with Gasteiger partial charge in [-0.15, -0.1) is 0 Å². The third-order valence-electron chi connectivity index (χ3n) is 2.15. The van der Waals surface area contributed by atoms with Crippen molar-refractivity contribution < 1.29 is 9.84 Å². The number of hydrogen-bond acceptors (Lipinski definition) is 2. The fourth-order valence-corrected chi connectivity index (χ4v) is 1.61. The van der Waals surface area contributed by atoms with Gasteiger partial charge in [-0.3, -0.25) is 0 Å². The van der Waals surface area contributed by atoms with Gasteiger partial charge in [0.1, 0.15) is 0 Å². The Labute approximate surface area is 93.1 Å². The van der Waals surface area contributed by atoms with Gasteiger partial charge >= 0.3 is 0 Å². The van der Waals surface area contributed by atoms with E-state index < -0.39 is 10.1 Å². The SMILES string of the molecule is OC(OC1CCCCC1)C(Cl)(Cl)Cl. The largest absolute Gasteiger partial charge is 0.365 e. The zero-order valence-electron chi connectivity index (χ0n) is 7.18. The number of hydrogen-bond donors (Lipinski definition) is 1. The molecule has 5 heteroatoms. The Kier molecular flexibility index (Phi) is 4.59. The second-order valence-electron chi connectivity index (χ2n) is 3.29. The van der Waals surface area contributed by atoms with Gasteiger partial charge in [-0.05, 0) is 12.8 Å². The van der Waals surface area contributed by atoms with Crippen LogP contribution < -0.4 is 0 Å². The van der Waals surface area contributed by atoms with E-state index in [1.165, 1.54) is 6.42 Å². The summed E-state index contributed by atoms with van der Waals surface area (Å²) in [6.07, 6.45) is 4.08. The smallest absolute Gasteiger partial charge is 0.240 e. The van der Waals surface area contributed by atoms with Crippen LogP contribution in [0.3, 0.4) is 0 Å². The average Bonchev–Trinajstić information content (AvgIpc) is 2.04. The first-order chi connectivity index (χ1) is 6.00. The molecule has 0 spiro atoms. The molecule has 1 aliphatic rings. The number of aliphatic hydroxyl groups is 1. The van der Waals surface area contributed by atoms with E-state index in [2.05, 4.69) is 0 Å². The Hall–Kier alpha value is 0.790. The highest BCUT2D eigenvalue weighted by atomic mass is 35.6. The van der Waals surface area contributed by atoms with Crippen molar-refractivity contribution >= 4 is 34.8 Å². The number of halogens is 3. The summed E-state index contributed by atoms with van der Waals surface area (Å²) in [4.78, 5) is 0. The summed E-state index contributed by atoms with van der Waals surface area (Å²) in [7, 11) is 0. The van der Waals surface area contributed by atoms with Crippen LogP contribution in [0.25, 0.3) is 0 Å². The molecular weight excluding hydrogens is 234 g/mol. The summed E-state index contributed by atoms with van der Waals surface area (Å²) >= 11 is 16.4. The van der Waals surface area contributed by atoms with Crippen molar-refractivity contribution in [1.29, 1.82) is 0 Å². The van der Waals surface area contributed by atoms with Crippen molar-refractivity contribution in [3.63, 3.8) is 0 Å². The maximum Gasteiger partial charge on any atom is 0.240 e. The van der Waals surface area contributed by atoms with Crippen LogP contribution >= 0.6 is 34.8 Å². The predicted octanol–water partition coefficient (Wildman–Crippen LogP) is 3.02. The second-order valence-corrected chi connectivity index (χ2v) is 5.66. The van der Waals surface area contributed by atoms with Gasteiger partial charge in [-0.1, -0.05) is 54.1 Å². The monoisotopic (exact) mass is 246 g/mol. The molecule has 1 aliphatic carbocycles. The highest BCUT2D eigenvalue weighted by molar-refractivity contribution is 6.67. The number of rotatable bonds is 2. The molecule has 0 bridgehead atoms. The molecule has 1 atom stereocenters. The van der Waals surface area contributed by atoms with Crippen LogP contribution in [-0.2, 0) is 4.74 Å². The molecule has 1 N–H and O–H groups in total. The lowest BCUT2D eigenvalue weighted by Crippen LogP contribution is -2.33. The van der Waals surface area contributed by atoms with Crippen LogP contribution in [0.4, 0.5) is 0 Å². The summed E-state index contributed by atoms with van der Waals surface area (Å²) < 4.78 is 3.48. The molecular formula is C8H13Cl3O2. The first-order valence-electron chi connectivity index (χ1n) is 4.40. The Bertz CT molecular complexity index is 152. The third-order valence-corrected chi connectivity index (χ3v) is 2.71. The van der Waals surface area contributed by atoms with Crippen LogP contribution in [0.5, 0.6) is 0 Å². The molecule has 0 amide bonds. The molecule has 0 aromatic carbocycles. The number of ether oxygens (including phenoxy) is 1. The van der Waals surface area contributed by atoms with Gasteiger partial charge in [0.05, 0.1) is 6.10 Å². The molecule has 1 unspecified atom stereocenters. The molecule has 0 heterocycles.